The second-order valence-electron chi connectivity index (χ2n) is 4.70. The highest BCUT2D eigenvalue weighted by molar-refractivity contribution is 9.10. The zero-order valence-corrected chi connectivity index (χ0v) is 14.5. The number of nitrogens with zero attached hydrogens (tertiary/aromatic N) is 1. The minimum atomic E-state index is -0.319. The molecule has 1 amide bonds. The van der Waals surface area contributed by atoms with E-state index in [1.54, 1.807) is 19.2 Å². The maximum Gasteiger partial charge on any atom is 0.277 e. The summed E-state index contributed by atoms with van der Waals surface area (Å²) in [5.41, 5.74) is 4.08. The topological polar surface area (TPSA) is 59.9 Å². The van der Waals surface area contributed by atoms with Gasteiger partial charge in [0.25, 0.3) is 5.91 Å². The second-order valence-corrected chi connectivity index (χ2v) is 5.62. The Labute approximate surface area is 143 Å². The molecule has 0 aliphatic carbocycles. The van der Waals surface area contributed by atoms with E-state index in [1.807, 2.05) is 43.3 Å². The lowest BCUT2D eigenvalue weighted by molar-refractivity contribution is -0.123. The van der Waals surface area contributed by atoms with Gasteiger partial charge in [-0.2, -0.15) is 5.10 Å². The van der Waals surface area contributed by atoms with Crippen molar-refractivity contribution in [3.05, 3.63) is 58.6 Å². The van der Waals surface area contributed by atoms with E-state index in [0.29, 0.717) is 11.5 Å². The Morgan fingerprint density at radius 3 is 2.30 bits per heavy atom. The van der Waals surface area contributed by atoms with E-state index < -0.39 is 0 Å². The van der Waals surface area contributed by atoms with Gasteiger partial charge in [0, 0.05) is 4.47 Å². The first-order valence-corrected chi connectivity index (χ1v) is 7.73. The molecule has 0 saturated carbocycles. The smallest absolute Gasteiger partial charge is 0.277 e. The number of methoxy groups -OCH3 is 1. The number of carbonyl (C=O) groups is 1. The summed E-state index contributed by atoms with van der Waals surface area (Å²) in [5.74, 6) is 1.08. The highest BCUT2D eigenvalue weighted by Crippen LogP contribution is 2.16. The van der Waals surface area contributed by atoms with E-state index in [0.717, 1.165) is 15.8 Å². The highest BCUT2D eigenvalue weighted by atomic mass is 79.9. The maximum absolute atomic E-state index is 11.7. The predicted octanol–water partition coefficient (Wildman–Crippen LogP) is 3.38. The third kappa shape index (κ3) is 5.41. The Kier molecular flexibility index (Phi) is 6.17. The van der Waals surface area contributed by atoms with Gasteiger partial charge in [-0.15, -0.1) is 0 Å². The summed E-state index contributed by atoms with van der Waals surface area (Å²) in [7, 11) is 1.61. The number of benzene rings is 2. The molecule has 23 heavy (non-hydrogen) atoms. The summed E-state index contributed by atoms with van der Waals surface area (Å²) >= 11 is 3.34. The van der Waals surface area contributed by atoms with Gasteiger partial charge in [-0.3, -0.25) is 4.79 Å². The van der Waals surface area contributed by atoms with Gasteiger partial charge in [0.05, 0.1) is 12.8 Å². The maximum atomic E-state index is 11.7. The molecule has 2 aromatic rings. The third-order valence-corrected chi connectivity index (χ3v) is 3.57. The van der Waals surface area contributed by atoms with Crippen molar-refractivity contribution in [1.29, 1.82) is 0 Å². The normalized spacial score (nSPS) is 11.0. The van der Waals surface area contributed by atoms with Crippen LogP contribution in [0.15, 0.2) is 58.1 Å². The average molecular weight is 377 g/mol. The molecule has 5 nitrogen and oxygen atoms in total. The van der Waals surface area contributed by atoms with Crippen molar-refractivity contribution >= 4 is 27.5 Å². The number of hydrogen-bond acceptors (Lipinski definition) is 4. The minimum Gasteiger partial charge on any atom is -0.497 e. The van der Waals surface area contributed by atoms with Gasteiger partial charge < -0.3 is 9.47 Å². The van der Waals surface area contributed by atoms with Crippen molar-refractivity contribution in [3.8, 4) is 11.5 Å². The molecule has 0 aliphatic heterocycles. The van der Waals surface area contributed by atoms with Gasteiger partial charge in [0.1, 0.15) is 11.5 Å². The fraction of sp³-hybridized carbons (Fsp3) is 0.176. The van der Waals surface area contributed by atoms with E-state index in [4.69, 9.17) is 9.47 Å². The zero-order chi connectivity index (χ0) is 16.7. The summed E-state index contributed by atoms with van der Waals surface area (Å²) in [6.45, 7) is 1.72. The standard InChI is InChI=1S/C17H17BrN2O3/c1-12(13-3-7-15(22-2)8-4-13)19-20-17(21)11-23-16-9-5-14(18)6-10-16/h3-10H,11H2,1-2H3,(H,20,21)/b19-12+. The predicted molar refractivity (Wildman–Crippen MR) is 93.0 cm³/mol. The first kappa shape index (κ1) is 17.0. The first-order valence-electron chi connectivity index (χ1n) is 6.94. The Balaban J connectivity index is 1.85. The van der Waals surface area contributed by atoms with Crippen LogP contribution in [0.25, 0.3) is 0 Å². The van der Waals surface area contributed by atoms with E-state index in [9.17, 15) is 4.79 Å². The molecule has 2 rings (SSSR count). The van der Waals surface area contributed by atoms with E-state index in [-0.39, 0.29) is 12.5 Å². The quantitative estimate of drug-likeness (QED) is 0.620. The number of hydrogen-bond donors (Lipinski definition) is 1. The molecule has 0 heterocycles. The van der Waals surface area contributed by atoms with Crippen LogP contribution < -0.4 is 14.9 Å². The highest BCUT2D eigenvalue weighted by Gasteiger charge is 2.03. The van der Waals surface area contributed by atoms with Crippen LogP contribution in [-0.4, -0.2) is 25.3 Å². The largest absolute Gasteiger partial charge is 0.497 e. The van der Waals surface area contributed by atoms with E-state index >= 15 is 0 Å². The number of rotatable bonds is 6. The van der Waals surface area contributed by atoms with Crippen LogP contribution in [0.4, 0.5) is 0 Å². The average Bonchev–Trinajstić information content (AvgIpc) is 2.59. The van der Waals surface area contributed by atoms with E-state index in [2.05, 4.69) is 26.5 Å². The fourth-order valence-electron chi connectivity index (χ4n) is 1.75. The van der Waals surface area contributed by atoms with E-state index in [1.165, 1.54) is 0 Å². The number of amides is 1. The third-order valence-electron chi connectivity index (χ3n) is 3.04. The van der Waals surface area contributed by atoms with Crippen molar-refractivity contribution in [2.24, 2.45) is 5.10 Å². The molecular weight excluding hydrogens is 360 g/mol. The molecule has 0 spiro atoms. The second kappa shape index (κ2) is 8.33. The van der Waals surface area contributed by atoms with Gasteiger partial charge in [0.2, 0.25) is 0 Å². The first-order chi connectivity index (χ1) is 11.1. The van der Waals surface area contributed by atoms with Gasteiger partial charge >= 0.3 is 0 Å². The van der Waals surface area contributed by atoms with Crippen LogP contribution in [0.5, 0.6) is 11.5 Å². The van der Waals surface area contributed by atoms with Gasteiger partial charge in [-0.05, 0) is 61.0 Å². The van der Waals surface area contributed by atoms with Gasteiger partial charge in [0.15, 0.2) is 6.61 Å². The number of carbonyl (C=O) groups excluding carboxylic acids is 1. The summed E-state index contributed by atoms with van der Waals surface area (Å²) in [6.07, 6.45) is 0. The molecule has 0 atom stereocenters. The molecule has 0 saturated heterocycles. The van der Waals surface area contributed by atoms with Crippen molar-refractivity contribution in [1.82, 2.24) is 5.43 Å². The van der Waals surface area contributed by atoms with Crippen LogP contribution >= 0.6 is 15.9 Å². The SMILES string of the molecule is COc1ccc(/C(C)=N/NC(=O)COc2ccc(Br)cc2)cc1. The number of nitrogens with one attached hydrogen (secondary N) is 1. The van der Waals surface area contributed by atoms with Crippen LogP contribution in [0.1, 0.15) is 12.5 Å². The molecular formula is C17H17BrN2O3. The van der Waals surface area contributed by atoms with Crippen LogP contribution in [-0.2, 0) is 4.79 Å². The Morgan fingerprint density at radius 2 is 1.70 bits per heavy atom. The number of hydrazone groups is 1. The number of ether oxygens (including phenoxy) is 2. The Morgan fingerprint density at radius 1 is 1.09 bits per heavy atom. The lowest BCUT2D eigenvalue weighted by Crippen LogP contribution is -2.25. The summed E-state index contributed by atoms with van der Waals surface area (Å²) in [4.78, 5) is 11.7. The number of halogens is 1. The Bertz CT molecular complexity index is 682. The molecule has 1 N–H and O–H groups in total. The molecule has 6 heteroatoms. The minimum absolute atomic E-state index is 0.0962. The van der Waals surface area contributed by atoms with Gasteiger partial charge in [-0.25, -0.2) is 5.43 Å². The van der Waals surface area contributed by atoms with Gasteiger partial charge in [-0.1, -0.05) is 15.9 Å². The van der Waals surface area contributed by atoms with Crippen LogP contribution in [0.3, 0.4) is 0 Å². The van der Waals surface area contributed by atoms with Crippen molar-refractivity contribution < 1.29 is 14.3 Å². The van der Waals surface area contributed by atoms with Crippen molar-refractivity contribution in [2.75, 3.05) is 13.7 Å². The summed E-state index contributed by atoms with van der Waals surface area (Å²) in [5, 5.41) is 4.07. The van der Waals surface area contributed by atoms with Crippen molar-refractivity contribution in [2.45, 2.75) is 6.92 Å². The monoisotopic (exact) mass is 376 g/mol. The molecule has 0 unspecified atom stereocenters. The van der Waals surface area contributed by atoms with Crippen LogP contribution in [0.2, 0.25) is 0 Å². The molecule has 0 bridgehead atoms. The summed E-state index contributed by atoms with van der Waals surface area (Å²) in [6, 6.07) is 14.7. The van der Waals surface area contributed by atoms with Crippen molar-refractivity contribution in [3.63, 3.8) is 0 Å². The molecule has 2 aromatic carbocycles. The fourth-order valence-corrected chi connectivity index (χ4v) is 2.02. The molecule has 0 aliphatic rings. The zero-order valence-electron chi connectivity index (χ0n) is 12.9. The Hall–Kier alpha value is -2.34. The molecule has 0 fully saturated rings. The summed E-state index contributed by atoms with van der Waals surface area (Å²) < 4.78 is 11.4. The molecule has 0 aromatic heterocycles. The lowest BCUT2D eigenvalue weighted by atomic mass is 10.1. The molecule has 120 valence electrons. The lowest BCUT2D eigenvalue weighted by Gasteiger charge is -2.06. The van der Waals surface area contributed by atoms with Crippen LogP contribution in [0, 0.1) is 0 Å². The molecule has 0 radical (unpaired) electrons.